The van der Waals surface area contributed by atoms with Gasteiger partial charge in [0.25, 0.3) is 0 Å². The lowest BCUT2D eigenvalue weighted by atomic mass is 9.81. The van der Waals surface area contributed by atoms with Crippen LogP contribution in [0, 0.1) is 5.92 Å². The van der Waals surface area contributed by atoms with E-state index >= 15 is 0 Å². The van der Waals surface area contributed by atoms with Crippen molar-refractivity contribution in [2.24, 2.45) is 5.92 Å². The van der Waals surface area contributed by atoms with Crippen LogP contribution in [0.4, 0.5) is 0 Å². The highest BCUT2D eigenvalue weighted by atomic mass is 35.5. The van der Waals surface area contributed by atoms with Crippen molar-refractivity contribution in [2.75, 3.05) is 19.6 Å². The Kier molecular flexibility index (Phi) is 6.30. The van der Waals surface area contributed by atoms with Gasteiger partial charge in [0.2, 0.25) is 5.91 Å². The zero-order chi connectivity index (χ0) is 19.3. The molecule has 0 bridgehead atoms. The standard InChI is InChI=1S/C23H28ClN3O/c24-20-11-8-17(9-12-20)10-13-22(28)27-14-4-7-19(16-27)23-21(15-25-26-23)18-5-2-1-3-6-18/h1-3,5-6,8-9,11-12,19,21,23,25-26H,4,7,10,13-16H2. The molecule has 4 nitrogen and oxygen atoms in total. The van der Waals surface area contributed by atoms with Crippen molar-refractivity contribution in [1.29, 1.82) is 0 Å². The second kappa shape index (κ2) is 9.08. The maximum absolute atomic E-state index is 12.8. The molecule has 3 unspecified atom stereocenters. The van der Waals surface area contributed by atoms with Crippen LogP contribution in [0.1, 0.15) is 36.3 Å². The quantitative estimate of drug-likeness (QED) is 0.807. The number of carbonyl (C=O) groups is 1. The molecule has 0 spiro atoms. The van der Waals surface area contributed by atoms with Crippen molar-refractivity contribution in [3.8, 4) is 0 Å². The van der Waals surface area contributed by atoms with Gasteiger partial charge >= 0.3 is 0 Å². The molecule has 2 N–H and O–H groups in total. The molecule has 5 heteroatoms. The first-order valence-corrected chi connectivity index (χ1v) is 10.6. The molecule has 2 heterocycles. The molecule has 28 heavy (non-hydrogen) atoms. The van der Waals surface area contributed by atoms with E-state index in [4.69, 9.17) is 11.6 Å². The fourth-order valence-electron chi connectivity index (χ4n) is 4.58. The Hall–Kier alpha value is -1.88. The number of benzene rings is 2. The average Bonchev–Trinajstić information content (AvgIpc) is 3.24. The van der Waals surface area contributed by atoms with Gasteiger partial charge in [-0.1, -0.05) is 54.1 Å². The summed E-state index contributed by atoms with van der Waals surface area (Å²) in [4.78, 5) is 14.9. The molecule has 2 fully saturated rings. The van der Waals surface area contributed by atoms with Gasteiger partial charge in [0.15, 0.2) is 0 Å². The molecule has 0 radical (unpaired) electrons. The van der Waals surface area contributed by atoms with Gasteiger partial charge < -0.3 is 4.90 Å². The molecule has 1 amide bonds. The number of hydrogen-bond donors (Lipinski definition) is 2. The second-order valence-corrected chi connectivity index (χ2v) is 8.37. The van der Waals surface area contributed by atoms with Gasteiger partial charge in [0.1, 0.15) is 0 Å². The largest absolute Gasteiger partial charge is 0.342 e. The fraction of sp³-hybridized carbons (Fsp3) is 0.435. The number of halogens is 1. The number of hydrazine groups is 1. The Morgan fingerprint density at radius 1 is 1.11 bits per heavy atom. The van der Waals surface area contributed by atoms with Gasteiger partial charge in [-0.25, -0.2) is 0 Å². The van der Waals surface area contributed by atoms with E-state index in [-0.39, 0.29) is 5.91 Å². The number of likely N-dealkylation sites (tertiary alicyclic amines) is 1. The van der Waals surface area contributed by atoms with Crippen molar-refractivity contribution >= 4 is 17.5 Å². The molecule has 2 aromatic rings. The number of nitrogens with one attached hydrogen (secondary N) is 2. The van der Waals surface area contributed by atoms with E-state index in [1.807, 2.05) is 24.3 Å². The van der Waals surface area contributed by atoms with Crippen LogP contribution < -0.4 is 10.9 Å². The average molecular weight is 398 g/mol. The molecule has 2 saturated heterocycles. The van der Waals surface area contributed by atoms with E-state index < -0.39 is 0 Å². The third kappa shape index (κ3) is 4.57. The van der Waals surface area contributed by atoms with E-state index in [1.54, 1.807) is 0 Å². The Morgan fingerprint density at radius 3 is 2.68 bits per heavy atom. The number of amides is 1. The number of aryl methyl sites for hydroxylation is 1. The zero-order valence-corrected chi connectivity index (χ0v) is 16.9. The van der Waals surface area contributed by atoms with E-state index in [1.165, 1.54) is 12.0 Å². The maximum Gasteiger partial charge on any atom is 0.222 e. The van der Waals surface area contributed by atoms with Gasteiger partial charge in [-0.05, 0) is 48.4 Å². The summed E-state index contributed by atoms with van der Waals surface area (Å²) in [7, 11) is 0. The van der Waals surface area contributed by atoms with Crippen molar-refractivity contribution in [3.05, 3.63) is 70.7 Å². The van der Waals surface area contributed by atoms with Crippen molar-refractivity contribution in [1.82, 2.24) is 15.8 Å². The maximum atomic E-state index is 12.8. The normalized spacial score (nSPS) is 25.0. The van der Waals surface area contributed by atoms with E-state index in [0.717, 1.165) is 43.1 Å². The predicted molar refractivity (Wildman–Crippen MR) is 113 cm³/mol. The topological polar surface area (TPSA) is 44.4 Å². The molecule has 2 aromatic carbocycles. The van der Waals surface area contributed by atoms with Crippen LogP contribution in [0.2, 0.25) is 5.02 Å². The lowest BCUT2D eigenvalue weighted by Gasteiger charge is -2.37. The Bertz CT molecular complexity index is 780. The van der Waals surface area contributed by atoms with Gasteiger partial charge in [-0.3, -0.25) is 15.6 Å². The van der Waals surface area contributed by atoms with Crippen molar-refractivity contribution in [3.63, 3.8) is 0 Å². The molecule has 3 atom stereocenters. The lowest BCUT2D eigenvalue weighted by Crippen LogP contribution is -2.48. The highest BCUT2D eigenvalue weighted by Gasteiger charge is 2.37. The minimum atomic E-state index is 0.266. The summed E-state index contributed by atoms with van der Waals surface area (Å²) < 4.78 is 0. The summed E-state index contributed by atoms with van der Waals surface area (Å²) in [6.07, 6.45) is 3.58. The number of hydrogen-bond acceptors (Lipinski definition) is 3. The SMILES string of the molecule is O=C(CCc1ccc(Cl)cc1)N1CCCC(C2NNCC2c2ccccc2)C1. The minimum absolute atomic E-state index is 0.266. The van der Waals surface area contributed by atoms with Gasteiger partial charge in [-0.15, -0.1) is 0 Å². The summed E-state index contributed by atoms with van der Waals surface area (Å²) >= 11 is 5.94. The molecule has 2 aliphatic heterocycles. The fourth-order valence-corrected chi connectivity index (χ4v) is 4.70. The van der Waals surface area contributed by atoms with Crippen molar-refractivity contribution < 1.29 is 4.79 Å². The lowest BCUT2D eigenvalue weighted by molar-refractivity contribution is -0.133. The third-order valence-corrected chi connectivity index (χ3v) is 6.36. The highest BCUT2D eigenvalue weighted by molar-refractivity contribution is 6.30. The molecular weight excluding hydrogens is 370 g/mol. The summed E-state index contributed by atoms with van der Waals surface area (Å²) in [5.41, 5.74) is 9.38. The number of nitrogens with zero attached hydrogens (tertiary/aromatic N) is 1. The number of rotatable bonds is 5. The number of carbonyl (C=O) groups excluding carboxylic acids is 1. The molecule has 4 rings (SSSR count). The monoisotopic (exact) mass is 397 g/mol. The van der Waals surface area contributed by atoms with Gasteiger partial charge in [0.05, 0.1) is 0 Å². The van der Waals surface area contributed by atoms with Crippen LogP contribution in [0.15, 0.2) is 54.6 Å². The molecule has 148 valence electrons. The van der Waals surface area contributed by atoms with E-state index in [0.29, 0.717) is 24.3 Å². The summed E-state index contributed by atoms with van der Waals surface area (Å²) in [6, 6.07) is 18.9. The van der Waals surface area contributed by atoms with E-state index in [2.05, 4.69) is 46.1 Å². The summed E-state index contributed by atoms with van der Waals surface area (Å²) in [6.45, 7) is 2.67. The third-order valence-electron chi connectivity index (χ3n) is 6.11. The molecule has 2 aliphatic rings. The van der Waals surface area contributed by atoms with Crippen LogP contribution >= 0.6 is 11.6 Å². The molecule has 0 aliphatic carbocycles. The molecule has 0 aromatic heterocycles. The summed E-state index contributed by atoms with van der Waals surface area (Å²) in [5, 5.41) is 0.736. The summed E-state index contributed by atoms with van der Waals surface area (Å²) in [5.74, 6) is 1.20. The highest BCUT2D eigenvalue weighted by Crippen LogP contribution is 2.31. The first-order valence-electron chi connectivity index (χ1n) is 10.3. The Morgan fingerprint density at radius 2 is 1.89 bits per heavy atom. The van der Waals surface area contributed by atoms with Crippen LogP contribution in [-0.4, -0.2) is 36.5 Å². The first kappa shape index (κ1) is 19.4. The number of piperidine rings is 1. The van der Waals surface area contributed by atoms with Crippen LogP contribution in [0.3, 0.4) is 0 Å². The first-order chi connectivity index (χ1) is 13.7. The van der Waals surface area contributed by atoms with Gasteiger partial charge in [-0.2, -0.15) is 0 Å². The zero-order valence-electron chi connectivity index (χ0n) is 16.1. The predicted octanol–water partition coefficient (Wildman–Crippen LogP) is 3.77. The second-order valence-electron chi connectivity index (χ2n) is 7.94. The van der Waals surface area contributed by atoms with Crippen molar-refractivity contribution in [2.45, 2.75) is 37.6 Å². The van der Waals surface area contributed by atoms with Crippen LogP contribution in [0.25, 0.3) is 0 Å². The Balaban J connectivity index is 1.35. The van der Waals surface area contributed by atoms with Gasteiger partial charge in [0, 0.05) is 43.0 Å². The van der Waals surface area contributed by atoms with E-state index in [9.17, 15) is 4.79 Å². The van der Waals surface area contributed by atoms with Crippen LogP contribution in [-0.2, 0) is 11.2 Å². The Labute approximate surface area is 172 Å². The minimum Gasteiger partial charge on any atom is -0.342 e. The molecule has 0 saturated carbocycles. The smallest absolute Gasteiger partial charge is 0.222 e. The molecular formula is C23H28ClN3O. The van der Waals surface area contributed by atoms with Crippen LogP contribution in [0.5, 0.6) is 0 Å².